The Morgan fingerprint density at radius 3 is 2.62 bits per heavy atom. The Kier molecular flexibility index (Phi) is 6.92. The van der Waals surface area contributed by atoms with E-state index in [1.165, 1.54) is 16.7 Å². The molecule has 1 fully saturated rings. The summed E-state index contributed by atoms with van der Waals surface area (Å²) in [6.45, 7) is 1.84. The first-order valence-electron chi connectivity index (χ1n) is 11.5. The van der Waals surface area contributed by atoms with Crippen molar-refractivity contribution in [3.05, 3.63) is 59.7 Å². The van der Waals surface area contributed by atoms with Crippen molar-refractivity contribution in [2.75, 3.05) is 24.2 Å². The van der Waals surface area contributed by atoms with Gasteiger partial charge in [-0.2, -0.15) is 4.99 Å². The number of nitrogens with one attached hydrogen (secondary N) is 2. The molecular weight excluding hydrogens is 468 g/mol. The highest BCUT2D eigenvalue weighted by Gasteiger charge is 2.33. The second kappa shape index (κ2) is 10.2. The van der Waals surface area contributed by atoms with Crippen LogP contribution in [0.1, 0.15) is 47.6 Å². The number of nitrogens with zero attached hydrogens (tertiary/aromatic N) is 2. The Labute approximate surface area is 207 Å². The van der Waals surface area contributed by atoms with Gasteiger partial charge in [0, 0.05) is 41.4 Å². The number of hydrogen-bond acceptors (Lipinski definition) is 6. The van der Waals surface area contributed by atoms with Crippen molar-refractivity contribution in [2.45, 2.75) is 41.9 Å². The molecule has 3 aliphatic heterocycles. The van der Waals surface area contributed by atoms with Crippen LogP contribution in [0, 0.1) is 0 Å². The molecule has 0 aromatic heterocycles. The molecule has 34 heavy (non-hydrogen) atoms. The number of amides is 3. The Balaban J connectivity index is 1.14. The lowest BCUT2D eigenvalue weighted by atomic mass is 10.0. The fourth-order valence-corrected chi connectivity index (χ4v) is 6.61. The van der Waals surface area contributed by atoms with Crippen LogP contribution in [0.25, 0.3) is 0 Å². The Morgan fingerprint density at radius 1 is 1.06 bits per heavy atom. The monoisotopic (exact) mass is 494 g/mol. The number of anilines is 1. The molecule has 2 aromatic rings. The predicted octanol–water partition coefficient (Wildman–Crippen LogP) is 4.08. The maximum Gasteiger partial charge on any atom is 0.262 e. The van der Waals surface area contributed by atoms with Crippen LogP contribution in [0.15, 0.2) is 58.4 Å². The van der Waals surface area contributed by atoms with E-state index in [4.69, 9.17) is 0 Å². The molecule has 0 spiro atoms. The number of fused-ring (bicyclic) bond motifs is 1. The number of carbonyl (C=O) groups excluding carboxylic acids is 3. The highest BCUT2D eigenvalue weighted by atomic mass is 32.2. The first kappa shape index (κ1) is 23.0. The lowest BCUT2D eigenvalue weighted by molar-refractivity contribution is -0.121. The van der Waals surface area contributed by atoms with Crippen molar-refractivity contribution in [2.24, 2.45) is 4.99 Å². The fraction of sp³-hybridized carbons (Fsp3) is 0.360. The largest absolute Gasteiger partial charge is 0.351 e. The average Bonchev–Trinajstić information content (AvgIpc) is 3.50. The minimum absolute atomic E-state index is 0.00144. The SMILES string of the molecule is O=C(CC1SC(N2CCCC2)=NC1=O)Nc1ccc(C(=O)NC2CCSc3ccccc32)cc1. The summed E-state index contributed by atoms with van der Waals surface area (Å²) < 4.78 is 0. The van der Waals surface area contributed by atoms with E-state index in [1.54, 1.807) is 24.3 Å². The lowest BCUT2D eigenvalue weighted by Crippen LogP contribution is -2.30. The van der Waals surface area contributed by atoms with Gasteiger partial charge in [-0.15, -0.1) is 11.8 Å². The Hall–Kier alpha value is -2.78. The van der Waals surface area contributed by atoms with Gasteiger partial charge >= 0.3 is 0 Å². The van der Waals surface area contributed by atoms with Gasteiger partial charge < -0.3 is 15.5 Å². The summed E-state index contributed by atoms with van der Waals surface area (Å²) in [6, 6.07) is 15.0. The first-order valence-corrected chi connectivity index (χ1v) is 13.4. The van der Waals surface area contributed by atoms with E-state index in [0.29, 0.717) is 11.3 Å². The predicted molar refractivity (Wildman–Crippen MR) is 136 cm³/mol. The van der Waals surface area contributed by atoms with Crippen LogP contribution in [0.3, 0.4) is 0 Å². The molecule has 3 amide bonds. The molecule has 2 N–H and O–H groups in total. The number of carbonyl (C=O) groups is 3. The minimum atomic E-state index is -0.475. The summed E-state index contributed by atoms with van der Waals surface area (Å²) in [5, 5.41) is 6.24. The van der Waals surface area contributed by atoms with Crippen molar-refractivity contribution < 1.29 is 14.4 Å². The summed E-state index contributed by atoms with van der Waals surface area (Å²) in [7, 11) is 0. The van der Waals surface area contributed by atoms with Gasteiger partial charge in [-0.05, 0) is 55.2 Å². The lowest BCUT2D eigenvalue weighted by Gasteiger charge is -2.25. The van der Waals surface area contributed by atoms with E-state index in [1.807, 2.05) is 23.9 Å². The molecule has 1 saturated heterocycles. The molecule has 0 bridgehead atoms. The molecular formula is C25H26N4O3S2. The zero-order valence-electron chi connectivity index (χ0n) is 18.7. The van der Waals surface area contributed by atoms with Crippen molar-refractivity contribution in [1.82, 2.24) is 10.2 Å². The molecule has 2 aromatic carbocycles. The molecule has 3 aliphatic rings. The molecule has 0 saturated carbocycles. The zero-order chi connectivity index (χ0) is 23.5. The van der Waals surface area contributed by atoms with E-state index in [2.05, 4.69) is 32.7 Å². The van der Waals surface area contributed by atoms with Crippen LogP contribution < -0.4 is 10.6 Å². The van der Waals surface area contributed by atoms with Crippen molar-refractivity contribution in [3.8, 4) is 0 Å². The Morgan fingerprint density at radius 2 is 1.82 bits per heavy atom. The summed E-state index contributed by atoms with van der Waals surface area (Å²) in [6.07, 6.45) is 3.19. The van der Waals surface area contributed by atoms with E-state index < -0.39 is 5.25 Å². The molecule has 3 heterocycles. The van der Waals surface area contributed by atoms with E-state index in [9.17, 15) is 14.4 Å². The van der Waals surface area contributed by atoms with Gasteiger partial charge in [-0.25, -0.2) is 0 Å². The van der Waals surface area contributed by atoms with Crippen molar-refractivity contribution in [1.29, 1.82) is 0 Å². The molecule has 176 valence electrons. The van der Waals surface area contributed by atoms with Crippen LogP contribution in [0.4, 0.5) is 5.69 Å². The van der Waals surface area contributed by atoms with Crippen LogP contribution in [0.2, 0.25) is 0 Å². The fourth-order valence-electron chi connectivity index (χ4n) is 4.37. The van der Waals surface area contributed by atoms with Gasteiger partial charge in [0.1, 0.15) is 5.25 Å². The second-order valence-electron chi connectivity index (χ2n) is 8.56. The second-order valence-corrected chi connectivity index (χ2v) is 10.9. The summed E-state index contributed by atoms with van der Waals surface area (Å²) in [5.74, 6) is 0.359. The number of amidine groups is 1. The topological polar surface area (TPSA) is 90.9 Å². The summed E-state index contributed by atoms with van der Waals surface area (Å²) in [5.41, 5.74) is 2.29. The maximum absolute atomic E-state index is 12.8. The maximum atomic E-state index is 12.8. The molecule has 5 rings (SSSR count). The average molecular weight is 495 g/mol. The van der Waals surface area contributed by atoms with E-state index in [-0.39, 0.29) is 30.2 Å². The Bertz CT molecular complexity index is 1130. The smallest absolute Gasteiger partial charge is 0.262 e. The highest BCUT2D eigenvalue weighted by Crippen LogP contribution is 2.36. The number of hydrogen-bond donors (Lipinski definition) is 2. The standard InChI is InChI=1S/C25H26N4O3S2/c30-22(15-21-24(32)28-25(34-21)29-12-3-4-13-29)26-17-9-7-16(8-10-17)23(31)27-19-11-14-33-20-6-2-1-5-18(19)20/h1-2,5-10,19,21H,3-4,11-15H2,(H,26,30)(H,27,31). The third-order valence-corrected chi connectivity index (χ3v) is 8.51. The summed E-state index contributed by atoms with van der Waals surface area (Å²) in [4.78, 5) is 45.0. The van der Waals surface area contributed by atoms with Gasteiger partial charge in [0.2, 0.25) is 5.91 Å². The minimum Gasteiger partial charge on any atom is -0.351 e. The van der Waals surface area contributed by atoms with Gasteiger partial charge in [-0.3, -0.25) is 14.4 Å². The molecule has 0 aliphatic carbocycles. The molecule has 0 radical (unpaired) electrons. The number of aliphatic imine (C=N–C) groups is 1. The van der Waals surface area contributed by atoms with Crippen molar-refractivity contribution in [3.63, 3.8) is 0 Å². The van der Waals surface area contributed by atoms with Crippen LogP contribution in [0.5, 0.6) is 0 Å². The third kappa shape index (κ3) is 5.15. The molecule has 2 unspecified atom stereocenters. The van der Waals surface area contributed by atoms with Crippen LogP contribution in [-0.4, -0.2) is 51.9 Å². The normalized spacial score (nSPS) is 21.7. The number of benzene rings is 2. The first-order chi connectivity index (χ1) is 16.6. The quantitative estimate of drug-likeness (QED) is 0.651. The molecule has 9 heteroatoms. The van der Waals surface area contributed by atoms with Crippen molar-refractivity contribution >= 4 is 52.1 Å². The van der Waals surface area contributed by atoms with Gasteiger partial charge in [-0.1, -0.05) is 30.0 Å². The van der Waals surface area contributed by atoms with E-state index in [0.717, 1.165) is 48.8 Å². The molecule has 7 nitrogen and oxygen atoms in total. The molecule has 2 atom stereocenters. The number of thioether (sulfide) groups is 2. The van der Waals surface area contributed by atoms with Gasteiger partial charge in [0.15, 0.2) is 5.17 Å². The van der Waals surface area contributed by atoms with Crippen LogP contribution >= 0.6 is 23.5 Å². The van der Waals surface area contributed by atoms with Crippen LogP contribution in [-0.2, 0) is 9.59 Å². The zero-order valence-corrected chi connectivity index (χ0v) is 20.3. The number of likely N-dealkylation sites (tertiary alicyclic amines) is 1. The number of rotatable bonds is 5. The highest BCUT2D eigenvalue weighted by molar-refractivity contribution is 8.15. The van der Waals surface area contributed by atoms with Gasteiger partial charge in [0.05, 0.1) is 6.04 Å². The summed E-state index contributed by atoms with van der Waals surface area (Å²) >= 11 is 3.20. The van der Waals surface area contributed by atoms with Gasteiger partial charge in [0.25, 0.3) is 11.8 Å². The third-order valence-electron chi connectivity index (χ3n) is 6.17. The van der Waals surface area contributed by atoms with E-state index >= 15 is 0 Å².